The van der Waals surface area contributed by atoms with E-state index in [0.717, 1.165) is 77.0 Å². The highest BCUT2D eigenvalue weighted by atomic mass is 16.6. The number of unbranched alkanes of at least 4 members (excludes halogenated alkanes) is 20. The summed E-state index contributed by atoms with van der Waals surface area (Å²) < 4.78 is 13.3. The van der Waals surface area contributed by atoms with Gasteiger partial charge < -0.3 is 9.47 Å². The smallest absolute Gasteiger partial charge is 0.339 e. The molecular weight excluding hydrogens is 641 g/mol. The number of esters is 2. The Morgan fingerprint density at radius 1 is 0.365 bits per heavy atom. The van der Waals surface area contributed by atoms with Crippen molar-refractivity contribution in [2.45, 2.75) is 258 Å². The Labute approximate surface area is 323 Å². The Bertz CT molecular complexity index is 889. The molecule has 0 bridgehead atoms. The maximum atomic E-state index is 14.3. The molecule has 0 aliphatic rings. The molecule has 1 rings (SSSR count). The first-order valence-electron chi connectivity index (χ1n) is 22.9. The summed E-state index contributed by atoms with van der Waals surface area (Å²) in [5, 5.41) is 0. The van der Waals surface area contributed by atoms with Gasteiger partial charge in [-0.15, -0.1) is 0 Å². The molecule has 302 valence electrons. The lowest BCUT2D eigenvalue weighted by atomic mass is 9.85. The van der Waals surface area contributed by atoms with Crippen molar-refractivity contribution in [3.63, 3.8) is 0 Å². The molecule has 0 heterocycles. The summed E-state index contributed by atoms with van der Waals surface area (Å²) in [6.45, 7) is 13.4. The van der Waals surface area contributed by atoms with Crippen LogP contribution in [-0.2, 0) is 9.47 Å². The number of hydrogen-bond donors (Lipinski definition) is 0. The number of carbonyl (C=O) groups is 2. The fourth-order valence-corrected chi connectivity index (χ4v) is 8.22. The van der Waals surface area contributed by atoms with Gasteiger partial charge in [-0.3, -0.25) is 0 Å². The monoisotopic (exact) mass is 727 g/mol. The molecule has 1 aromatic carbocycles. The number of carbonyl (C=O) groups excluding carboxylic acids is 2. The zero-order valence-corrected chi connectivity index (χ0v) is 35.6. The SMILES string of the molecule is CCCCCCCCC(CCC)(CCCCCCCC)OC(=O)c1ccccc1C(=O)OC(CCC)(CCCCCCCC)CCCCCCCC. The summed E-state index contributed by atoms with van der Waals surface area (Å²) in [4.78, 5) is 28.5. The quantitative estimate of drug-likeness (QED) is 0.0510. The molecule has 0 N–H and O–H groups in total. The van der Waals surface area contributed by atoms with E-state index in [9.17, 15) is 9.59 Å². The summed E-state index contributed by atoms with van der Waals surface area (Å²) >= 11 is 0. The summed E-state index contributed by atoms with van der Waals surface area (Å²) in [7, 11) is 0. The second-order valence-electron chi connectivity index (χ2n) is 16.3. The Morgan fingerprint density at radius 3 is 0.865 bits per heavy atom. The number of rotatable bonds is 36. The highest BCUT2D eigenvalue weighted by molar-refractivity contribution is 6.03. The Balaban J connectivity index is 3.25. The Morgan fingerprint density at radius 2 is 0.615 bits per heavy atom. The second-order valence-corrected chi connectivity index (χ2v) is 16.3. The molecule has 0 saturated carbocycles. The van der Waals surface area contributed by atoms with E-state index in [4.69, 9.17) is 9.47 Å². The fourth-order valence-electron chi connectivity index (χ4n) is 8.22. The summed E-state index contributed by atoms with van der Waals surface area (Å²) in [6.07, 6.45) is 36.5. The average Bonchev–Trinajstić information content (AvgIpc) is 3.14. The molecular formula is C48H86O4. The Kier molecular flexibility index (Phi) is 29.2. The first-order chi connectivity index (χ1) is 25.4. The third-order valence-corrected chi connectivity index (χ3v) is 11.3. The van der Waals surface area contributed by atoms with Gasteiger partial charge in [0.05, 0.1) is 11.1 Å². The minimum Gasteiger partial charge on any atom is -0.455 e. The van der Waals surface area contributed by atoms with Gasteiger partial charge in [-0.2, -0.15) is 0 Å². The van der Waals surface area contributed by atoms with Crippen LogP contribution < -0.4 is 0 Å². The molecule has 0 unspecified atom stereocenters. The van der Waals surface area contributed by atoms with Gasteiger partial charge in [0.2, 0.25) is 0 Å². The lowest BCUT2D eigenvalue weighted by Crippen LogP contribution is -2.37. The molecule has 0 saturated heterocycles. The molecule has 0 fully saturated rings. The van der Waals surface area contributed by atoms with Crippen LogP contribution in [0.4, 0.5) is 0 Å². The van der Waals surface area contributed by atoms with Crippen molar-refractivity contribution >= 4 is 11.9 Å². The molecule has 0 spiro atoms. The van der Waals surface area contributed by atoms with E-state index < -0.39 is 11.2 Å². The van der Waals surface area contributed by atoms with Crippen molar-refractivity contribution in [3.05, 3.63) is 35.4 Å². The van der Waals surface area contributed by atoms with Crippen molar-refractivity contribution in [2.75, 3.05) is 0 Å². The molecule has 0 radical (unpaired) electrons. The second kappa shape index (κ2) is 31.5. The molecule has 0 aromatic heterocycles. The van der Waals surface area contributed by atoms with E-state index in [2.05, 4.69) is 41.5 Å². The standard InChI is InChI=1S/C48H86O4/c1-7-13-17-21-25-31-39-47(37-11-5,40-32-26-22-18-14-8-2)51-45(49)43-35-29-30-36-44(43)46(50)52-48(38-12-6,41-33-27-23-19-15-9-3)42-34-28-24-20-16-10-4/h29-30,35-36H,7-28,31-34,37-42H2,1-6H3. The normalized spacial score (nSPS) is 12.0. The van der Waals surface area contributed by atoms with Crippen LogP contribution in [0.15, 0.2) is 24.3 Å². The highest BCUT2D eigenvalue weighted by Gasteiger charge is 2.37. The molecule has 0 aliphatic heterocycles. The van der Waals surface area contributed by atoms with Gasteiger partial charge in [-0.1, -0.05) is 195 Å². The van der Waals surface area contributed by atoms with Gasteiger partial charge in [0, 0.05) is 0 Å². The highest BCUT2D eigenvalue weighted by Crippen LogP contribution is 2.36. The molecule has 1 aromatic rings. The lowest BCUT2D eigenvalue weighted by Gasteiger charge is -2.35. The van der Waals surface area contributed by atoms with Crippen LogP contribution in [0.25, 0.3) is 0 Å². The number of benzene rings is 1. The van der Waals surface area contributed by atoms with Crippen LogP contribution >= 0.6 is 0 Å². The summed E-state index contributed by atoms with van der Waals surface area (Å²) in [6, 6.07) is 7.30. The van der Waals surface area contributed by atoms with Crippen molar-refractivity contribution in [1.29, 1.82) is 0 Å². The van der Waals surface area contributed by atoms with Crippen molar-refractivity contribution < 1.29 is 19.1 Å². The third-order valence-electron chi connectivity index (χ3n) is 11.3. The number of hydrogen-bond acceptors (Lipinski definition) is 4. The van der Waals surface area contributed by atoms with Crippen LogP contribution in [0.2, 0.25) is 0 Å². The largest absolute Gasteiger partial charge is 0.455 e. The van der Waals surface area contributed by atoms with Gasteiger partial charge >= 0.3 is 11.9 Å². The minimum atomic E-state index is -0.486. The van der Waals surface area contributed by atoms with Crippen molar-refractivity contribution in [3.8, 4) is 0 Å². The van der Waals surface area contributed by atoms with E-state index in [-0.39, 0.29) is 11.9 Å². The van der Waals surface area contributed by atoms with E-state index in [0.29, 0.717) is 11.1 Å². The zero-order valence-electron chi connectivity index (χ0n) is 35.6. The Hall–Kier alpha value is -1.84. The molecule has 4 heteroatoms. The van der Waals surface area contributed by atoms with E-state index >= 15 is 0 Å². The maximum Gasteiger partial charge on any atom is 0.339 e. The third kappa shape index (κ3) is 21.2. The zero-order chi connectivity index (χ0) is 38.2. The predicted octanol–water partition coefficient (Wildman–Crippen LogP) is 16.1. The molecule has 0 amide bonds. The van der Waals surface area contributed by atoms with Gasteiger partial charge in [0.1, 0.15) is 11.2 Å². The van der Waals surface area contributed by atoms with Crippen LogP contribution in [0.5, 0.6) is 0 Å². The molecule has 0 atom stereocenters. The van der Waals surface area contributed by atoms with E-state index in [1.807, 2.05) is 12.1 Å². The predicted molar refractivity (Wildman–Crippen MR) is 225 cm³/mol. The molecule has 52 heavy (non-hydrogen) atoms. The average molecular weight is 727 g/mol. The van der Waals surface area contributed by atoms with E-state index in [1.165, 1.54) is 128 Å². The van der Waals surface area contributed by atoms with Crippen LogP contribution in [-0.4, -0.2) is 23.1 Å². The minimum absolute atomic E-state index is 0.356. The van der Waals surface area contributed by atoms with E-state index in [1.54, 1.807) is 12.1 Å². The first kappa shape index (κ1) is 48.2. The maximum absolute atomic E-state index is 14.3. The van der Waals surface area contributed by atoms with Crippen LogP contribution in [0, 0.1) is 0 Å². The van der Waals surface area contributed by atoms with Gasteiger partial charge in [0.25, 0.3) is 0 Å². The first-order valence-corrected chi connectivity index (χ1v) is 22.9. The summed E-state index contributed by atoms with van der Waals surface area (Å²) in [5.41, 5.74) is -0.244. The lowest BCUT2D eigenvalue weighted by molar-refractivity contribution is -0.0392. The van der Waals surface area contributed by atoms with Crippen molar-refractivity contribution in [2.24, 2.45) is 0 Å². The topological polar surface area (TPSA) is 52.6 Å². The molecule has 4 nitrogen and oxygen atoms in total. The van der Waals surface area contributed by atoms with Gasteiger partial charge in [0.15, 0.2) is 0 Å². The van der Waals surface area contributed by atoms with Crippen LogP contribution in [0.3, 0.4) is 0 Å². The van der Waals surface area contributed by atoms with Crippen molar-refractivity contribution in [1.82, 2.24) is 0 Å². The van der Waals surface area contributed by atoms with Gasteiger partial charge in [-0.05, 0) is 76.3 Å². The van der Waals surface area contributed by atoms with Gasteiger partial charge in [-0.25, -0.2) is 9.59 Å². The molecule has 0 aliphatic carbocycles. The fraction of sp³-hybridized carbons (Fsp3) is 0.833. The van der Waals surface area contributed by atoms with Crippen LogP contribution in [0.1, 0.15) is 268 Å². The number of ether oxygens (including phenoxy) is 2. The summed E-state index contributed by atoms with van der Waals surface area (Å²) in [5.74, 6) is -0.711.